The molecule has 29 heavy (non-hydrogen) atoms. The first-order valence-electron chi connectivity index (χ1n) is 9.49. The number of rotatable bonds is 9. The van der Waals surface area contributed by atoms with Crippen molar-refractivity contribution in [2.24, 2.45) is 0 Å². The van der Waals surface area contributed by atoms with Crippen molar-refractivity contribution in [3.63, 3.8) is 0 Å². The van der Waals surface area contributed by atoms with Gasteiger partial charge in [-0.2, -0.15) is 5.26 Å². The highest BCUT2D eigenvalue weighted by Gasteiger charge is 2.24. The van der Waals surface area contributed by atoms with Crippen LogP contribution in [0.1, 0.15) is 46.0 Å². The molecular formula is C22H26N2O5. The number of carbonyl (C=O) groups is 1. The highest BCUT2D eigenvalue weighted by atomic mass is 16.5. The Balaban J connectivity index is 2.35. The van der Waals surface area contributed by atoms with Gasteiger partial charge in [0, 0.05) is 19.8 Å². The van der Waals surface area contributed by atoms with Crippen LogP contribution in [0, 0.1) is 32.1 Å². The predicted octanol–water partition coefficient (Wildman–Crippen LogP) is 3.04. The Labute approximate surface area is 170 Å². The molecule has 0 saturated heterocycles. The van der Waals surface area contributed by atoms with Crippen molar-refractivity contribution in [3.05, 3.63) is 56.4 Å². The zero-order valence-electron chi connectivity index (χ0n) is 17.2. The number of aryl methyl sites for hydroxylation is 1. The molecule has 0 atom stereocenters. The van der Waals surface area contributed by atoms with Gasteiger partial charge in [-0.3, -0.25) is 14.2 Å². The number of ketones is 1. The van der Waals surface area contributed by atoms with Gasteiger partial charge >= 0.3 is 0 Å². The molecule has 1 heterocycles. The van der Waals surface area contributed by atoms with Gasteiger partial charge in [0.25, 0.3) is 5.56 Å². The molecule has 7 nitrogen and oxygen atoms in total. The second-order valence-corrected chi connectivity index (χ2v) is 6.73. The molecule has 1 aromatic carbocycles. The molecule has 0 radical (unpaired) electrons. The van der Waals surface area contributed by atoms with Crippen molar-refractivity contribution in [1.29, 1.82) is 5.26 Å². The fraction of sp³-hybridized carbons (Fsp3) is 0.409. The van der Waals surface area contributed by atoms with Gasteiger partial charge in [-0.15, -0.1) is 0 Å². The topological polar surface area (TPSA) is 102 Å². The second kappa shape index (κ2) is 9.89. The van der Waals surface area contributed by atoms with Crippen LogP contribution in [-0.2, 0) is 11.3 Å². The number of aromatic nitrogens is 1. The van der Waals surface area contributed by atoms with Gasteiger partial charge in [-0.1, -0.05) is 12.1 Å². The van der Waals surface area contributed by atoms with Crippen molar-refractivity contribution in [2.45, 2.75) is 40.7 Å². The lowest BCUT2D eigenvalue weighted by Gasteiger charge is -2.16. The second-order valence-electron chi connectivity index (χ2n) is 6.73. The largest absolute Gasteiger partial charge is 0.494 e. The van der Waals surface area contributed by atoms with Crippen LogP contribution in [0.2, 0.25) is 0 Å². The fourth-order valence-corrected chi connectivity index (χ4v) is 3.06. The average Bonchev–Trinajstić information content (AvgIpc) is 2.69. The number of aromatic hydroxyl groups is 1. The third-order valence-electron chi connectivity index (χ3n) is 4.87. The van der Waals surface area contributed by atoms with Gasteiger partial charge < -0.3 is 14.6 Å². The summed E-state index contributed by atoms with van der Waals surface area (Å²) < 4.78 is 12.0. The summed E-state index contributed by atoms with van der Waals surface area (Å²) in [5, 5.41) is 20.0. The van der Waals surface area contributed by atoms with Crippen LogP contribution >= 0.6 is 0 Å². The van der Waals surface area contributed by atoms with Gasteiger partial charge in [0.2, 0.25) is 11.7 Å². The third kappa shape index (κ3) is 4.84. The van der Waals surface area contributed by atoms with E-state index in [9.17, 15) is 20.0 Å². The Hall–Kier alpha value is -3.11. The minimum atomic E-state index is -0.619. The Kier molecular flexibility index (Phi) is 7.57. The maximum absolute atomic E-state index is 12.8. The SMILES string of the molecule is CCOCCCn1c(O)c(C(=O)COc2cccc(C)c2C)c(C)c(C#N)c1=O. The number of carbonyl (C=O) groups excluding carboxylic acids is 1. The third-order valence-corrected chi connectivity index (χ3v) is 4.87. The highest BCUT2D eigenvalue weighted by Crippen LogP contribution is 2.24. The number of Topliss-reactive ketones (excluding diaryl/α,β-unsaturated/α-hetero) is 1. The fourth-order valence-electron chi connectivity index (χ4n) is 3.06. The molecule has 2 aromatic rings. The molecule has 0 amide bonds. The molecule has 0 aliphatic heterocycles. The van der Waals surface area contributed by atoms with Crippen LogP contribution in [0.4, 0.5) is 0 Å². The summed E-state index contributed by atoms with van der Waals surface area (Å²) in [5.74, 6) is -0.380. The molecule has 0 fully saturated rings. The summed E-state index contributed by atoms with van der Waals surface area (Å²) in [7, 11) is 0. The van der Waals surface area contributed by atoms with Crippen LogP contribution in [0.3, 0.4) is 0 Å². The molecule has 154 valence electrons. The first kappa shape index (κ1) is 22.2. The molecule has 0 aliphatic rings. The van der Waals surface area contributed by atoms with E-state index in [0.29, 0.717) is 25.4 Å². The Morgan fingerprint density at radius 1 is 1.24 bits per heavy atom. The number of hydrogen-bond donors (Lipinski definition) is 1. The summed E-state index contributed by atoms with van der Waals surface area (Å²) in [6.45, 7) is 7.93. The van der Waals surface area contributed by atoms with Crippen LogP contribution < -0.4 is 10.3 Å². The molecule has 0 saturated carbocycles. The van der Waals surface area contributed by atoms with Crippen LogP contribution in [-0.4, -0.2) is 35.3 Å². The van der Waals surface area contributed by atoms with Crippen molar-refractivity contribution >= 4 is 5.78 Å². The van der Waals surface area contributed by atoms with Gasteiger partial charge in [-0.25, -0.2) is 0 Å². The monoisotopic (exact) mass is 398 g/mol. The lowest BCUT2D eigenvalue weighted by Crippen LogP contribution is -2.28. The Morgan fingerprint density at radius 2 is 1.97 bits per heavy atom. The molecule has 2 rings (SSSR count). The summed E-state index contributed by atoms with van der Waals surface area (Å²) in [4.78, 5) is 25.4. The lowest BCUT2D eigenvalue weighted by molar-refractivity contribution is 0.0915. The number of hydrogen-bond acceptors (Lipinski definition) is 6. The van der Waals surface area contributed by atoms with E-state index in [1.54, 1.807) is 6.07 Å². The highest BCUT2D eigenvalue weighted by molar-refractivity contribution is 6.01. The van der Waals surface area contributed by atoms with E-state index in [1.165, 1.54) is 6.92 Å². The first-order chi connectivity index (χ1) is 13.8. The molecule has 1 N–H and O–H groups in total. The van der Waals surface area contributed by atoms with Gasteiger partial charge in [-0.05, 0) is 56.9 Å². The summed E-state index contributed by atoms with van der Waals surface area (Å²) in [6, 6.07) is 7.38. The Bertz CT molecular complexity index is 1000. The molecular weight excluding hydrogens is 372 g/mol. The standard InChI is InChI=1S/C22H26N2O5/c1-5-28-11-7-10-24-21(26)17(12-23)16(4)20(22(24)27)18(25)13-29-19-9-6-8-14(2)15(19)3/h6,8-9,27H,5,7,10-11,13H2,1-4H3. The van der Waals surface area contributed by atoms with Gasteiger partial charge in [0.15, 0.2) is 6.61 Å². The quantitative estimate of drug-likeness (QED) is 0.515. The normalized spacial score (nSPS) is 10.6. The van der Waals surface area contributed by atoms with Crippen LogP contribution in [0.5, 0.6) is 11.6 Å². The minimum Gasteiger partial charge on any atom is -0.494 e. The smallest absolute Gasteiger partial charge is 0.271 e. The number of pyridine rings is 1. The number of benzene rings is 1. The molecule has 0 unspecified atom stereocenters. The van der Waals surface area contributed by atoms with Crippen LogP contribution in [0.15, 0.2) is 23.0 Å². The van der Waals surface area contributed by atoms with E-state index in [4.69, 9.17) is 9.47 Å². The number of nitrogens with zero attached hydrogens (tertiary/aromatic N) is 2. The maximum Gasteiger partial charge on any atom is 0.271 e. The van der Waals surface area contributed by atoms with E-state index in [2.05, 4.69) is 0 Å². The van der Waals surface area contributed by atoms with E-state index in [-0.39, 0.29) is 29.8 Å². The lowest BCUT2D eigenvalue weighted by atomic mass is 10.0. The molecule has 0 bridgehead atoms. The van der Waals surface area contributed by atoms with Crippen molar-refractivity contribution < 1.29 is 19.4 Å². The molecule has 7 heteroatoms. The van der Waals surface area contributed by atoms with Crippen LogP contribution in [0.25, 0.3) is 0 Å². The van der Waals surface area contributed by atoms with E-state index in [0.717, 1.165) is 15.7 Å². The van der Waals surface area contributed by atoms with Gasteiger partial charge in [0.1, 0.15) is 17.4 Å². The predicted molar refractivity (Wildman–Crippen MR) is 109 cm³/mol. The summed E-state index contributed by atoms with van der Waals surface area (Å²) >= 11 is 0. The zero-order chi connectivity index (χ0) is 21.6. The zero-order valence-corrected chi connectivity index (χ0v) is 17.2. The van der Waals surface area contributed by atoms with Crippen molar-refractivity contribution in [1.82, 2.24) is 4.57 Å². The van der Waals surface area contributed by atoms with E-state index in [1.807, 2.05) is 39.0 Å². The van der Waals surface area contributed by atoms with E-state index >= 15 is 0 Å². The molecule has 1 aromatic heterocycles. The minimum absolute atomic E-state index is 0.0668. The Morgan fingerprint density at radius 3 is 2.62 bits per heavy atom. The molecule has 0 spiro atoms. The summed E-state index contributed by atoms with van der Waals surface area (Å²) in [6.07, 6.45) is 0.460. The van der Waals surface area contributed by atoms with Crippen molar-refractivity contribution in [2.75, 3.05) is 19.8 Å². The average molecular weight is 398 g/mol. The number of ether oxygens (including phenoxy) is 2. The van der Waals surface area contributed by atoms with Gasteiger partial charge in [0.05, 0.1) is 5.56 Å². The first-order valence-corrected chi connectivity index (χ1v) is 9.49. The van der Waals surface area contributed by atoms with Crippen molar-refractivity contribution in [3.8, 4) is 17.7 Å². The summed E-state index contributed by atoms with van der Waals surface area (Å²) in [5.41, 5.74) is 1.26. The maximum atomic E-state index is 12.8. The number of nitriles is 1. The molecule has 0 aliphatic carbocycles. The van der Waals surface area contributed by atoms with E-state index < -0.39 is 17.2 Å².